The summed E-state index contributed by atoms with van der Waals surface area (Å²) in [6, 6.07) is 19.8. The monoisotopic (exact) mass is 646 g/mol. The summed E-state index contributed by atoms with van der Waals surface area (Å²) < 4.78 is 10.7. The quantitative estimate of drug-likeness (QED) is 0.249. The minimum Gasteiger partial charge on any atom is -0.502 e. The molecule has 48 heavy (non-hydrogen) atoms. The normalized spacial score (nSPS) is 28.0. The number of methoxy groups -OCH3 is 2. The summed E-state index contributed by atoms with van der Waals surface area (Å²) in [5, 5.41) is 10.5. The molecule has 4 amide bonds. The second kappa shape index (κ2) is 11.8. The van der Waals surface area contributed by atoms with Crippen LogP contribution < -0.4 is 19.3 Å². The molecular weight excluding hydrogens is 608 g/mol. The first-order valence-electron chi connectivity index (χ1n) is 16.4. The zero-order chi connectivity index (χ0) is 33.9. The summed E-state index contributed by atoms with van der Waals surface area (Å²) in [6.07, 6.45) is 7.26. The van der Waals surface area contributed by atoms with Crippen molar-refractivity contribution in [3.63, 3.8) is 0 Å². The van der Waals surface area contributed by atoms with E-state index in [1.165, 1.54) is 24.0 Å². The van der Waals surface area contributed by atoms with Crippen molar-refractivity contribution in [3.8, 4) is 17.2 Å². The second-order valence-corrected chi connectivity index (χ2v) is 13.2. The molecule has 6 unspecified atom stereocenters. The van der Waals surface area contributed by atoms with Crippen LogP contribution in [0, 0.1) is 35.0 Å². The van der Waals surface area contributed by atoms with Crippen LogP contribution in [0.25, 0.3) is 6.08 Å². The van der Waals surface area contributed by atoms with Gasteiger partial charge in [0.05, 0.1) is 48.8 Å². The molecule has 2 aliphatic carbocycles. The maximum atomic E-state index is 14.5. The van der Waals surface area contributed by atoms with E-state index in [4.69, 9.17) is 9.47 Å². The Morgan fingerprint density at radius 2 is 1.50 bits per heavy atom. The third-order valence-electron chi connectivity index (χ3n) is 10.9. The zero-order valence-electron chi connectivity index (χ0n) is 27.4. The summed E-state index contributed by atoms with van der Waals surface area (Å²) >= 11 is 0. The third kappa shape index (κ3) is 4.58. The van der Waals surface area contributed by atoms with Crippen molar-refractivity contribution in [1.82, 2.24) is 0 Å². The Labute approximate surface area is 279 Å². The molecule has 246 valence electrons. The SMILES string of the molecule is CCc1ccc(N2C(=O)C3CC=C4C(CC5C(=O)N(c6ccccc6)C(=O)C5(C)C4C=Cc4cc(OC)c(O)c(OC)c4)C3C2=O)cc1. The Morgan fingerprint density at radius 3 is 2.12 bits per heavy atom. The fourth-order valence-corrected chi connectivity index (χ4v) is 8.39. The number of rotatable bonds is 7. The van der Waals surface area contributed by atoms with Crippen molar-refractivity contribution in [1.29, 1.82) is 0 Å². The lowest BCUT2D eigenvalue weighted by atomic mass is 9.52. The average Bonchev–Trinajstić information content (AvgIpc) is 3.48. The lowest BCUT2D eigenvalue weighted by molar-refractivity contribution is -0.132. The van der Waals surface area contributed by atoms with Crippen LogP contribution in [0.2, 0.25) is 0 Å². The molecule has 1 N–H and O–H groups in total. The van der Waals surface area contributed by atoms with Gasteiger partial charge in [-0.1, -0.05) is 61.1 Å². The van der Waals surface area contributed by atoms with Crippen molar-refractivity contribution in [2.75, 3.05) is 24.0 Å². The number of carbonyl (C=O) groups is 4. The number of allylic oxidation sites excluding steroid dienone is 3. The van der Waals surface area contributed by atoms with E-state index in [9.17, 15) is 24.3 Å². The average molecular weight is 647 g/mol. The summed E-state index contributed by atoms with van der Waals surface area (Å²) in [7, 11) is 2.90. The van der Waals surface area contributed by atoms with Crippen molar-refractivity contribution in [3.05, 3.63) is 95.6 Å². The van der Waals surface area contributed by atoms with Crippen LogP contribution in [0.1, 0.15) is 37.8 Å². The van der Waals surface area contributed by atoms with Gasteiger partial charge < -0.3 is 14.6 Å². The Kier molecular flexibility index (Phi) is 7.73. The topological polar surface area (TPSA) is 113 Å². The van der Waals surface area contributed by atoms with Gasteiger partial charge in [0, 0.05) is 5.92 Å². The number of benzene rings is 3. The lowest BCUT2D eigenvalue weighted by Crippen LogP contribution is -2.49. The molecule has 0 radical (unpaired) electrons. The van der Waals surface area contributed by atoms with Crippen molar-refractivity contribution < 1.29 is 33.8 Å². The van der Waals surface area contributed by atoms with Gasteiger partial charge >= 0.3 is 0 Å². The number of fused-ring (bicyclic) bond motifs is 4. The number of hydrogen-bond donors (Lipinski definition) is 1. The van der Waals surface area contributed by atoms with Gasteiger partial charge in [-0.15, -0.1) is 0 Å². The zero-order valence-corrected chi connectivity index (χ0v) is 27.4. The number of phenols is 1. The summed E-state index contributed by atoms with van der Waals surface area (Å²) in [5.41, 5.74) is 2.56. The van der Waals surface area contributed by atoms with Gasteiger partial charge in [0.1, 0.15) is 0 Å². The van der Waals surface area contributed by atoms with Gasteiger partial charge in [0.15, 0.2) is 11.5 Å². The second-order valence-electron chi connectivity index (χ2n) is 13.2. The van der Waals surface area contributed by atoms with Gasteiger partial charge in [0.2, 0.25) is 29.4 Å². The van der Waals surface area contributed by atoms with Crippen molar-refractivity contribution in [2.45, 2.75) is 33.1 Å². The molecule has 0 aromatic heterocycles. The Bertz CT molecular complexity index is 1860. The summed E-state index contributed by atoms with van der Waals surface area (Å²) in [5.74, 6) is -3.65. The number of aryl methyl sites for hydroxylation is 1. The molecule has 6 atom stereocenters. The van der Waals surface area contributed by atoms with Crippen LogP contribution >= 0.6 is 0 Å². The fourth-order valence-electron chi connectivity index (χ4n) is 8.39. The van der Waals surface area contributed by atoms with Crippen LogP contribution in [-0.2, 0) is 25.6 Å². The van der Waals surface area contributed by atoms with Gasteiger partial charge in [-0.05, 0) is 79.6 Å². The third-order valence-corrected chi connectivity index (χ3v) is 10.9. The highest BCUT2D eigenvalue weighted by Gasteiger charge is 2.66. The van der Waals surface area contributed by atoms with Crippen molar-refractivity contribution in [2.24, 2.45) is 35.0 Å². The van der Waals surface area contributed by atoms with E-state index in [0.29, 0.717) is 23.4 Å². The fraction of sp³-hybridized carbons (Fsp3) is 0.333. The lowest BCUT2D eigenvalue weighted by Gasteiger charge is -2.47. The van der Waals surface area contributed by atoms with Crippen LogP contribution in [0.4, 0.5) is 11.4 Å². The molecule has 2 saturated heterocycles. The van der Waals surface area contributed by atoms with Crippen LogP contribution in [-0.4, -0.2) is 43.0 Å². The van der Waals surface area contributed by atoms with E-state index >= 15 is 0 Å². The first-order valence-corrected chi connectivity index (χ1v) is 16.4. The van der Waals surface area contributed by atoms with E-state index in [1.807, 2.05) is 62.4 Å². The van der Waals surface area contributed by atoms with Crippen LogP contribution in [0.3, 0.4) is 0 Å². The minimum absolute atomic E-state index is 0.128. The predicted octanol–water partition coefficient (Wildman–Crippen LogP) is 5.95. The number of imide groups is 2. The number of para-hydroxylation sites is 1. The molecule has 4 aliphatic rings. The molecule has 1 saturated carbocycles. The molecule has 3 aromatic carbocycles. The standard InChI is InChI=1S/C39H38N2O7/c1-5-22-11-14-25(15-12-22)40-35(43)27-17-16-26-28(33(27)37(40)45)21-30-36(44)41(24-9-7-6-8-10-24)38(46)39(30,2)29(26)18-13-23-19-31(47-3)34(42)32(20-23)48-4/h6-16,18-20,27-30,33,42H,5,17,21H2,1-4H3. The number of hydrogen-bond acceptors (Lipinski definition) is 7. The number of amides is 4. The molecule has 9 heteroatoms. The first-order chi connectivity index (χ1) is 23.1. The first kappa shape index (κ1) is 31.4. The van der Waals surface area contributed by atoms with Crippen LogP contribution in [0.5, 0.6) is 17.2 Å². The molecule has 2 heterocycles. The molecule has 2 aliphatic heterocycles. The number of aromatic hydroxyl groups is 1. The number of phenolic OH excluding ortho intramolecular Hbond substituents is 1. The Morgan fingerprint density at radius 1 is 0.854 bits per heavy atom. The molecule has 0 bridgehead atoms. The van der Waals surface area contributed by atoms with E-state index in [-0.39, 0.29) is 47.3 Å². The number of nitrogens with zero attached hydrogens (tertiary/aromatic N) is 2. The van der Waals surface area contributed by atoms with Gasteiger partial charge in [0.25, 0.3) is 0 Å². The molecule has 9 nitrogen and oxygen atoms in total. The van der Waals surface area contributed by atoms with Gasteiger partial charge in [-0.25, -0.2) is 4.90 Å². The summed E-state index contributed by atoms with van der Waals surface area (Å²) in [4.78, 5) is 59.5. The number of ether oxygens (including phenoxy) is 2. The van der Waals surface area contributed by atoms with Crippen LogP contribution in [0.15, 0.2) is 84.5 Å². The summed E-state index contributed by atoms with van der Waals surface area (Å²) in [6.45, 7) is 3.90. The van der Waals surface area contributed by atoms with E-state index in [1.54, 1.807) is 36.4 Å². The molecule has 0 spiro atoms. The number of anilines is 2. The highest BCUT2D eigenvalue weighted by Crippen LogP contribution is 2.61. The van der Waals surface area contributed by atoms with E-state index in [0.717, 1.165) is 17.6 Å². The smallest absolute Gasteiger partial charge is 0.241 e. The maximum Gasteiger partial charge on any atom is 0.241 e. The predicted molar refractivity (Wildman–Crippen MR) is 180 cm³/mol. The van der Waals surface area contributed by atoms with Gasteiger partial charge in [-0.3, -0.25) is 24.1 Å². The van der Waals surface area contributed by atoms with E-state index in [2.05, 4.69) is 0 Å². The number of carbonyl (C=O) groups excluding carboxylic acids is 4. The maximum absolute atomic E-state index is 14.5. The molecular formula is C39H38N2O7. The highest BCUT2D eigenvalue weighted by atomic mass is 16.5. The van der Waals surface area contributed by atoms with Gasteiger partial charge in [-0.2, -0.15) is 0 Å². The largest absolute Gasteiger partial charge is 0.502 e. The van der Waals surface area contributed by atoms with Crippen molar-refractivity contribution >= 4 is 41.1 Å². The molecule has 3 aromatic rings. The van der Waals surface area contributed by atoms with E-state index < -0.39 is 35.0 Å². The Balaban J connectivity index is 1.33. The minimum atomic E-state index is -1.15. The molecule has 3 fully saturated rings. The highest BCUT2D eigenvalue weighted by molar-refractivity contribution is 6.25. The molecule has 7 rings (SSSR count). The Hall–Kier alpha value is -5.18.